The minimum absolute atomic E-state index is 0.118. The maximum absolute atomic E-state index is 12.8. The summed E-state index contributed by atoms with van der Waals surface area (Å²) in [7, 11) is 1.26. The minimum atomic E-state index is -1.09. The van der Waals surface area contributed by atoms with Crippen molar-refractivity contribution in [2.24, 2.45) is 5.16 Å². The summed E-state index contributed by atoms with van der Waals surface area (Å²) in [5.41, 5.74) is 0.0733. The molecule has 2 unspecified atom stereocenters. The lowest BCUT2D eigenvalue weighted by Crippen LogP contribution is -2.69. The van der Waals surface area contributed by atoms with E-state index in [4.69, 9.17) is 4.84 Å². The average molecular weight is 504 g/mol. The van der Waals surface area contributed by atoms with Crippen LogP contribution in [0.2, 0.25) is 0 Å². The molecule has 0 radical (unpaired) electrons. The lowest BCUT2D eigenvalue weighted by molar-refractivity contribution is -0.144. The molecule has 3 rings (SSSR count). The Hall–Kier alpha value is -2.45. The van der Waals surface area contributed by atoms with Crippen molar-refractivity contribution in [1.82, 2.24) is 15.2 Å². The highest BCUT2D eigenvalue weighted by Gasteiger charge is 2.52. The number of nitrogens with one attached hydrogen (secondary N) is 2. The molecule has 3 atom stereocenters. The van der Waals surface area contributed by atoms with Gasteiger partial charge < -0.3 is 25.5 Å². The molecule has 2 aliphatic heterocycles. The Labute approximate surface area is 180 Å². The zero-order valence-corrected chi connectivity index (χ0v) is 18.1. The normalized spacial score (nSPS) is 23.5. The van der Waals surface area contributed by atoms with Crippen molar-refractivity contribution in [2.45, 2.75) is 23.6 Å². The molecule has 1 aromatic heterocycles. The fourth-order valence-electron chi connectivity index (χ4n) is 2.72. The van der Waals surface area contributed by atoms with E-state index in [0.29, 0.717) is 10.2 Å². The summed E-state index contributed by atoms with van der Waals surface area (Å²) in [6.07, 6.45) is 1.75. The molecule has 0 spiro atoms. The summed E-state index contributed by atoms with van der Waals surface area (Å²) >= 11 is 5.59. The van der Waals surface area contributed by atoms with Gasteiger partial charge in [-0.25, -0.2) is 9.78 Å². The summed E-state index contributed by atoms with van der Waals surface area (Å²) < 4.78 is 0.434. The number of hydrogen-bond acceptors (Lipinski definition) is 9. The van der Waals surface area contributed by atoms with Gasteiger partial charge in [0.25, 0.3) is 11.8 Å². The Kier molecular flexibility index (Phi) is 6.24. The first kappa shape index (κ1) is 21.3. The summed E-state index contributed by atoms with van der Waals surface area (Å²) in [4.78, 5) is 57.2. The third-order valence-corrected chi connectivity index (χ3v) is 7.14. The lowest BCUT2D eigenvalue weighted by Gasteiger charge is -2.48. The zero-order chi connectivity index (χ0) is 21.3. The molecule has 1 saturated heterocycles. The molecule has 1 aromatic rings. The largest absolute Gasteiger partial charge is 0.478 e. The van der Waals surface area contributed by atoms with Crippen molar-refractivity contribution in [2.75, 3.05) is 12.4 Å². The Bertz CT molecular complexity index is 948. The van der Waals surface area contributed by atoms with E-state index in [9.17, 15) is 24.3 Å². The number of hydrogen-bond donors (Lipinski definition) is 3. The Morgan fingerprint density at radius 1 is 1.48 bits per heavy atom. The van der Waals surface area contributed by atoms with Gasteiger partial charge in [0, 0.05) is 11.4 Å². The average Bonchev–Trinajstić information content (AvgIpc) is 3.03. The number of anilines is 1. The molecule has 3 heterocycles. The lowest BCUT2D eigenvalue weighted by atomic mass is 10.1. The van der Waals surface area contributed by atoms with E-state index >= 15 is 0 Å². The van der Waals surface area contributed by atoms with Crippen LogP contribution in [0.25, 0.3) is 0 Å². The molecule has 0 saturated carbocycles. The molecule has 1 fully saturated rings. The maximum atomic E-state index is 12.8. The third kappa shape index (κ3) is 4.00. The first-order valence-corrected chi connectivity index (χ1v) is 10.5. The number of carboxylic acid groups (broad SMARTS) is 1. The molecule has 29 heavy (non-hydrogen) atoms. The van der Waals surface area contributed by atoms with Crippen LogP contribution in [0.1, 0.15) is 12.6 Å². The monoisotopic (exact) mass is 503 g/mol. The van der Waals surface area contributed by atoms with E-state index in [0.717, 1.165) is 11.3 Å². The number of thiazole rings is 1. The van der Waals surface area contributed by atoms with Crippen molar-refractivity contribution >= 4 is 74.1 Å². The highest BCUT2D eigenvalue weighted by molar-refractivity contribution is 9.11. The van der Waals surface area contributed by atoms with Crippen LogP contribution in [0.3, 0.4) is 0 Å². The second-order valence-corrected chi connectivity index (χ2v) is 9.56. The number of aromatic nitrogens is 1. The maximum Gasteiger partial charge on any atom is 0.334 e. The summed E-state index contributed by atoms with van der Waals surface area (Å²) in [6.45, 7) is 1.72. The number of carbonyl (C=O) groups excluding carboxylic acids is 3. The van der Waals surface area contributed by atoms with Crippen LogP contribution >= 0.6 is 39.0 Å². The van der Waals surface area contributed by atoms with Gasteiger partial charge >= 0.3 is 5.97 Å². The van der Waals surface area contributed by atoms with Crippen molar-refractivity contribution < 1.29 is 29.1 Å². The first-order valence-electron chi connectivity index (χ1n) is 8.00. The molecule has 154 valence electrons. The minimum Gasteiger partial charge on any atom is -0.478 e. The van der Waals surface area contributed by atoms with Crippen LogP contribution < -0.4 is 10.6 Å². The van der Waals surface area contributed by atoms with Crippen molar-refractivity contribution in [3.05, 3.63) is 21.3 Å². The SMILES string of the molecule is CON=C(C(=O)NC1C(=O)N2C=C(C(=O)O)C(C)S[C@H]12)c1nc(NC=O)sc1Br. The number of carbonyl (C=O) groups is 4. The summed E-state index contributed by atoms with van der Waals surface area (Å²) in [5, 5.41) is 17.3. The van der Waals surface area contributed by atoms with Crippen molar-refractivity contribution in [1.29, 1.82) is 0 Å². The molecular formula is C15H14BrN5O6S2. The van der Waals surface area contributed by atoms with Gasteiger partial charge in [-0.3, -0.25) is 14.4 Å². The Morgan fingerprint density at radius 3 is 2.83 bits per heavy atom. The second-order valence-electron chi connectivity index (χ2n) is 5.78. The topological polar surface area (TPSA) is 150 Å². The van der Waals surface area contributed by atoms with Crippen LogP contribution in [0.5, 0.6) is 0 Å². The number of oxime groups is 1. The van der Waals surface area contributed by atoms with Gasteiger partial charge in [-0.1, -0.05) is 16.5 Å². The fraction of sp³-hybridized carbons (Fsp3) is 0.333. The number of thioether (sulfide) groups is 1. The van der Waals surface area contributed by atoms with E-state index in [1.807, 2.05) is 0 Å². The second kappa shape index (κ2) is 8.51. The van der Waals surface area contributed by atoms with E-state index in [-0.39, 0.29) is 27.4 Å². The summed E-state index contributed by atoms with van der Waals surface area (Å²) in [5.74, 6) is -2.22. The highest BCUT2D eigenvalue weighted by Crippen LogP contribution is 2.40. The molecule has 14 heteroatoms. The van der Waals surface area contributed by atoms with E-state index < -0.39 is 29.2 Å². The number of rotatable bonds is 7. The summed E-state index contributed by atoms with van der Waals surface area (Å²) in [6, 6.07) is -0.853. The smallest absolute Gasteiger partial charge is 0.334 e. The molecule has 0 bridgehead atoms. The first-order chi connectivity index (χ1) is 13.8. The van der Waals surface area contributed by atoms with E-state index in [1.165, 1.54) is 30.0 Å². The number of β-lactam (4-membered cyclic amide) rings is 1. The van der Waals surface area contributed by atoms with Gasteiger partial charge in [0.1, 0.15) is 28.0 Å². The molecular weight excluding hydrogens is 490 g/mol. The van der Waals surface area contributed by atoms with Gasteiger partial charge in [-0.05, 0) is 22.9 Å². The van der Waals surface area contributed by atoms with Crippen molar-refractivity contribution in [3.8, 4) is 0 Å². The van der Waals surface area contributed by atoms with Crippen LogP contribution in [-0.4, -0.2) is 68.7 Å². The number of amides is 3. The van der Waals surface area contributed by atoms with Gasteiger partial charge in [0.2, 0.25) is 6.41 Å². The van der Waals surface area contributed by atoms with Gasteiger partial charge in [0.05, 0.1) is 5.57 Å². The Balaban J connectivity index is 1.79. The van der Waals surface area contributed by atoms with Gasteiger partial charge in [-0.2, -0.15) is 0 Å². The fourth-order valence-corrected chi connectivity index (χ4v) is 5.47. The number of carboxylic acids is 1. The third-order valence-electron chi connectivity index (χ3n) is 4.06. The molecule has 3 amide bonds. The van der Waals surface area contributed by atoms with E-state index in [2.05, 4.69) is 36.7 Å². The Morgan fingerprint density at radius 2 is 2.21 bits per heavy atom. The van der Waals surface area contributed by atoms with Crippen LogP contribution in [0.15, 0.2) is 20.7 Å². The number of nitrogens with zero attached hydrogens (tertiary/aromatic N) is 3. The van der Waals surface area contributed by atoms with Crippen molar-refractivity contribution in [3.63, 3.8) is 0 Å². The number of fused-ring (bicyclic) bond motifs is 1. The predicted octanol–water partition coefficient (Wildman–Crippen LogP) is 0.581. The highest BCUT2D eigenvalue weighted by atomic mass is 79.9. The molecule has 0 aliphatic carbocycles. The van der Waals surface area contributed by atoms with Crippen LogP contribution in [0.4, 0.5) is 5.13 Å². The van der Waals surface area contributed by atoms with Crippen LogP contribution in [0, 0.1) is 0 Å². The molecule has 3 N–H and O–H groups in total. The van der Waals surface area contributed by atoms with E-state index in [1.54, 1.807) is 6.92 Å². The quantitative estimate of drug-likeness (QED) is 0.211. The molecule has 2 aliphatic rings. The molecule has 0 aromatic carbocycles. The van der Waals surface area contributed by atoms with Crippen LogP contribution in [-0.2, 0) is 24.0 Å². The van der Waals surface area contributed by atoms with Gasteiger partial charge in [0.15, 0.2) is 10.8 Å². The number of halogens is 1. The number of aliphatic carboxylic acids is 1. The predicted molar refractivity (Wildman–Crippen MR) is 108 cm³/mol. The zero-order valence-electron chi connectivity index (χ0n) is 14.9. The van der Waals surface area contributed by atoms with Gasteiger partial charge in [-0.15, -0.1) is 11.8 Å². The standard InChI is InChI=1S/C15H14BrN5O6S2/c1-5-6(14(25)26)3-21-12(24)9(13(21)28-5)18-11(23)8(20-27-2)7-10(16)29-15(19-7)17-4-22/h3-5,9,13H,1-2H3,(H,18,23)(H,25,26)(H,17,19,22)/t5?,9?,13-/m1/s1. The molecule has 11 nitrogen and oxygen atoms in total.